The van der Waals surface area contributed by atoms with E-state index in [0.717, 1.165) is 53.4 Å². The third-order valence-electron chi connectivity index (χ3n) is 3.56. The lowest BCUT2D eigenvalue weighted by molar-refractivity contribution is -0.946. The quantitative estimate of drug-likeness (QED) is 0.858. The number of quaternary nitrogens is 1. The summed E-state index contributed by atoms with van der Waals surface area (Å²) in [6.45, 7) is 6.26. The molecule has 2 rings (SSSR count). The Kier molecular flexibility index (Phi) is 5.04. The Morgan fingerprint density at radius 2 is 2.06 bits per heavy atom. The first-order valence-electron chi connectivity index (χ1n) is 6.23. The molecular weight excluding hydrogens is 316 g/mol. The molecule has 0 amide bonds. The fraction of sp³-hybridized carbons (Fsp3) is 0.538. The molecule has 1 fully saturated rings. The van der Waals surface area contributed by atoms with Gasteiger partial charge in [-0.15, -0.1) is 0 Å². The topological polar surface area (TPSA) is 35.2 Å². The van der Waals surface area contributed by atoms with Crippen molar-refractivity contribution in [3.05, 3.63) is 33.3 Å². The summed E-state index contributed by atoms with van der Waals surface area (Å²) in [6, 6.07) is 6.10. The van der Waals surface area contributed by atoms with Gasteiger partial charge in [0.25, 0.3) is 0 Å². The van der Waals surface area contributed by atoms with Crippen molar-refractivity contribution >= 4 is 27.5 Å². The Morgan fingerprint density at radius 3 is 2.72 bits per heavy atom. The summed E-state index contributed by atoms with van der Waals surface area (Å²) in [4.78, 5) is 0. The minimum Gasteiger partial charge on any atom is -0.370 e. The number of morpholine rings is 1. The maximum absolute atomic E-state index is 6.36. The average Bonchev–Trinajstić information content (AvgIpc) is 2.36. The number of nitrogens with zero attached hydrogens (tertiary/aromatic N) is 1. The van der Waals surface area contributed by atoms with E-state index in [-0.39, 0.29) is 0 Å². The number of hydrogen-bond acceptors (Lipinski definition) is 2. The van der Waals surface area contributed by atoms with Crippen molar-refractivity contribution in [3.8, 4) is 0 Å². The van der Waals surface area contributed by atoms with Gasteiger partial charge in [0, 0.05) is 16.6 Å². The number of ether oxygens (including phenoxy) is 1. The van der Waals surface area contributed by atoms with Gasteiger partial charge in [-0.3, -0.25) is 0 Å². The second-order valence-corrected chi connectivity index (χ2v) is 6.02. The number of rotatable bonds is 4. The zero-order chi connectivity index (χ0) is 13.0. The van der Waals surface area contributed by atoms with Crippen LogP contribution in [0, 0.1) is 0 Å². The molecule has 2 N–H and O–H groups in total. The third-order valence-corrected chi connectivity index (χ3v) is 4.90. The van der Waals surface area contributed by atoms with Gasteiger partial charge in [0.1, 0.15) is 19.6 Å². The van der Waals surface area contributed by atoms with Gasteiger partial charge in [0.05, 0.1) is 24.8 Å². The van der Waals surface area contributed by atoms with Gasteiger partial charge < -0.3 is 15.0 Å². The van der Waals surface area contributed by atoms with Crippen LogP contribution in [0.4, 0.5) is 0 Å². The predicted molar refractivity (Wildman–Crippen MR) is 77.6 cm³/mol. The van der Waals surface area contributed by atoms with Crippen molar-refractivity contribution in [2.45, 2.75) is 6.54 Å². The summed E-state index contributed by atoms with van der Waals surface area (Å²) in [5.74, 6) is 0. The minimum absolute atomic E-state index is 0.700. The van der Waals surface area contributed by atoms with Crippen molar-refractivity contribution in [2.75, 3.05) is 39.4 Å². The van der Waals surface area contributed by atoms with Gasteiger partial charge in [-0.1, -0.05) is 23.7 Å². The van der Waals surface area contributed by atoms with Crippen molar-refractivity contribution < 1.29 is 9.22 Å². The molecule has 0 unspecified atom stereocenters. The second-order valence-electron chi connectivity index (χ2n) is 4.78. The monoisotopic (exact) mass is 333 g/mol. The molecule has 0 radical (unpaired) electrons. The lowest BCUT2D eigenvalue weighted by atomic mass is 10.1. The first-order chi connectivity index (χ1) is 8.67. The molecule has 1 aliphatic heterocycles. The van der Waals surface area contributed by atoms with Crippen LogP contribution < -0.4 is 5.73 Å². The number of hydrogen-bond donors (Lipinski definition) is 1. The van der Waals surface area contributed by atoms with E-state index in [9.17, 15) is 0 Å². The van der Waals surface area contributed by atoms with Crippen LogP contribution in [0.3, 0.4) is 0 Å². The zero-order valence-electron chi connectivity index (χ0n) is 10.4. The smallest absolute Gasteiger partial charge is 0.106 e. The van der Waals surface area contributed by atoms with E-state index >= 15 is 0 Å². The Hall–Kier alpha value is -0.130. The second kappa shape index (κ2) is 6.35. The van der Waals surface area contributed by atoms with E-state index in [2.05, 4.69) is 22.0 Å². The molecule has 0 aromatic heterocycles. The van der Waals surface area contributed by atoms with E-state index in [4.69, 9.17) is 22.1 Å². The highest BCUT2D eigenvalue weighted by Gasteiger charge is 2.30. The fourth-order valence-corrected chi connectivity index (χ4v) is 3.09. The van der Waals surface area contributed by atoms with Crippen LogP contribution in [0.1, 0.15) is 5.56 Å². The molecule has 100 valence electrons. The van der Waals surface area contributed by atoms with E-state index in [1.807, 2.05) is 12.1 Å². The van der Waals surface area contributed by atoms with Crippen LogP contribution >= 0.6 is 27.5 Å². The van der Waals surface area contributed by atoms with Crippen LogP contribution in [0.25, 0.3) is 0 Å². The molecule has 5 heteroatoms. The van der Waals surface area contributed by atoms with Gasteiger partial charge in [0.2, 0.25) is 0 Å². The lowest BCUT2D eigenvalue weighted by Gasteiger charge is -2.41. The molecule has 0 aliphatic carbocycles. The molecular formula is C13H19BrClN2O+. The van der Waals surface area contributed by atoms with Crippen molar-refractivity contribution in [1.82, 2.24) is 0 Å². The molecule has 0 atom stereocenters. The number of benzene rings is 1. The fourth-order valence-electron chi connectivity index (χ4n) is 2.50. The van der Waals surface area contributed by atoms with Gasteiger partial charge in [-0.25, -0.2) is 0 Å². The normalized spacial score (nSPS) is 18.8. The predicted octanol–water partition coefficient (Wildman–Crippen LogP) is 2.41. The first kappa shape index (κ1) is 14.3. The summed E-state index contributed by atoms with van der Waals surface area (Å²) in [5, 5.41) is 0.818. The molecule has 18 heavy (non-hydrogen) atoms. The Labute approximate surface area is 122 Å². The maximum atomic E-state index is 6.36. The number of halogens is 2. The van der Waals surface area contributed by atoms with Crippen molar-refractivity contribution in [2.24, 2.45) is 5.73 Å². The summed E-state index contributed by atoms with van der Waals surface area (Å²) in [7, 11) is 0. The van der Waals surface area contributed by atoms with Crippen LogP contribution in [0.2, 0.25) is 5.02 Å². The number of nitrogens with two attached hydrogens (primary N) is 1. The van der Waals surface area contributed by atoms with Crippen molar-refractivity contribution in [1.29, 1.82) is 0 Å². The van der Waals surface area contributed by atoms with Gasteiger partial charge in [-0.05, 0) is 22.0 Å². The van der Waals surface area contributed by atoms with E-state index in [1.165, 1.54) is 5.56 Å². The highest BCUT2D eigenvalue weighted by molar-refractivity contribution is 9.10. The Balaban J connectivity index is 2.20. The van der Waals surface area contributed by atoms with Crippen LogP contribution in [0.5, 0.6) is 0 Å². The summed E-state index contributed by atoms with van der Waals surface area (Å²) >= 11 is 9.83. The van der Waals surface area contributed by atoms with E-state index in [0.29, 0.717) is 6.54 Å². The van der Waals surface area contributed by atoms with Crippen molar-refractivity contribution in [3.63, 3.8) is 0 Å². The molecule has 1 aromatic rings. The minimum atomic E-state index is 0.700. The van der Waals surface area contributed by atoms with Crippen LogP contribution in [0.15, 0.2) is 22.7 Å². The highest BCUT2D eigenvalue weighted by Crippen LogP contribution is 2.29. The molecule has 3 nitrogen and oxygen atoms in total. The molecule has 0 bridgehead atoms. The van der Waals surface area contributed by atoms with Crippen LogP contribution in [-0.4, -0.2) is 43.9 Å². The summed E-state index contributed by atoms with van der Waals surface area (Å²) < 4.78 is 7.40. The SMILES string of the molecule is NCC[N+]1(Cc2cccc(Br)c2Cl)CCOCC1. The molecule has 1 aromatic carbocycles. The highest BCUT2D eigenvalue weighted by atomic mass is 79.9. The third kappa shape index (κ3) is 3.25. The first-order valence-corrected chi connectivity index (χ1v) is 7.40. The average molecular weight is 335 g/mol. The Bertz CT molecular complexity index is 402. The summed E-state index contributed by atoms with van der Waals surface area (Å²) in [5.41, 5.74) is 6.95. The largest absolute Gasteiger partial charge is 0.370 e. The Morgan fingerprint density at radius 1 is 1.33 bits per heavy atom. The molecule has 0 saturated carbocycles. The summed E-state index contributed by atoms with van der Waals surface area (Å²) in [6.07, 6.45) is 0. The lowest BCUT2D eigenvalue weighted by Crippen LogP contribution is -2.56. The molecule has 1 heterocycles. The van der Waals surface area contributed by atoms with E-state index in [1.54, 1.807) is 0 Å². The van der Waals surface area contributed by atoms with Gasteiger partial charge >= 0.3 is 0 Å². The molecule has 1 saturated heterocycles. The molecule has 0 spiro atoms. The van der Waals surface area contributed by atoms with Crippen LogP contribution in [-0.2, 0) is 11.3 Å². The molecule has 1 aliphatic rings. The zero-order valence-corrected chi connectivity index (χ0v) is 12.7. The maximum Gasteiger partial charge on any atom is 0.106 e. The van der Waals surface area contributed by atoms with Gasteiger partial charge in [0.15, 0.2) is 0 Å². The van der Waals surface area contributed by atoms with E-state index < -0.39 is 0 Å². The van der Waals surface area contributed by atoms with Gasteiger partial charge in [-0.2, -0.15) is 0 Å². The standard InChI is InChI=1S/C13H19BrClN2O/c14-12-3-1-2-11(13(12)15)10-17(5-4-16)6-8-18-9-7-17/h1-3H,4-10,16H2/q+1.